The Kier molecular flexibility index (Phi) is 2.96. The van der Waals surface area contributed by atoms with Crippen LogP contribution in [0.5, 0.6) is 0 Å². The Bertz CT molecular complexity index is 394. The summed E-state index contributed by atoms with van der Waals surface area (Å²) in [5.74, 6) is -0.861. The van der Waals surface area contributed by atoms with E-state index in [4.69, 9.17) is 5.11 Å². The summed E-state index contributed by atoms with van der Waals surface area (Å²) in [7, 11) is 1.92. The molecule has 0 aromatic carbocycles. The molecule has 1 N–H and O–H groups in total. The molecule has 5 heteroatoms. The Morgan fingerprint density at radius 1 is 1.62 bits per heavy atom. The maximum Gasteiger partial charge on any atom is 0.309 e. The van der Waals surface area contributed by atoms with Gasteiger partial charge in [0.2, 0.25) is 0 Å². The van der Waals surface area contributed by atoms with Crippen molar-refractivity contribution in [2.45, 2.75) is 19.9 Å². The number of aryl methyl sites for hydroxylation is 2. The fraction of sp³-hybridized carbons (Fsp3) is 0.636. The highest BCUT2D eigenvalue weighted by Crippen LogP contribution is 2.20. The number of carboxylic acids is 1. The second kappa shape index (κ2) is 4.25. The Balaban J connectivity index is 1.93. The lowest BCUT2D eigenvalue weighted by atomic mass is 9.99. The topological polar surface area (TPSA) is 58.4 Å². The number of nitrogens with zero attached hydrogens (tertiary/aromatic N) is 3. The predicted molar refractivity (Wildman–Crippen MR) is 59.0 cm³/mol. The van der Waals surface area contributed by atoms with Gasteiger partial charge in [0.15, 0.2) is 0 Å². The van der Waals surface area contributed by atoms with Gasteiger partial charge in [-0.3, -0.25) is 14.4 Å². The van der Waals surface area contributed by atoms with E-state index in [1.165, 1.54) is 5.56 Å². The van der Waals surface area contributed by atoms with Crippen LogP contribution < -0.4 is 0 Å². The molecule has 88 valence electrons. The zero-order valence-electron chi connectivity index (χ0n) is 9.68. The SMILES string of the molecule is CCc1nn(C)cc1CN1CC(C(=O)O)C1. The molecule has 2 heterocycles. The van der Waals surface area contributed by atoms with Crippen molar-refractivity contribution in [2.75, 3.05) is 13.1 Å². The number of hydrogen-bond acceptors (Lipinski definition) is 3. The maximum absolute atomic E-state index is 10.7. The summed E-state index contributed by atoms with van der Waals surface area (Å²) >= 11 is 0. The number of carbonyl (C=O) groups is 1. The third-order valence-corrected chi connectivity index (χ3v) is 3.03. The summed E-state index contributed by atoms with van der Waals surface area (Å²) in [4.78, 5) is 12.8. The van der Waals surface area contributed by atoms with E-state index in [-0.39, 0.29) is 5.92 Å². The third-order valence-electron chi connectivity index (χ3n) is 3.03. The van der Waals surface area contributed by atoms with Crippen molar-refractivity contribution in [1.29, 1.82) is 0 Å². The Hall–Kier alpha value is -1.36. The number of aliphatic carboxylic acids is 1. The molecule has 1 aromatic heterocycles. The minimum absolute atomic E-state index is 0.179. The first-order valence-corrected chi connectivity index (χ1v) is 5.56. The van der Waals surface area contributed by atoms with Crippen molar-refractivity contribution in [3.8, 4) is 0 Å². The summed E-state index contributed by atoms with van der Waals surface area (Å²) in [6.45, 7) is 4.23. The van der Waals surface area contributed by atoms with Crippen LogP contribution in [0.3, 0.4) is 0 Å². The van der Waals surface area contributed by atoms with Gasteiger partial charge >= 0.3 is 5.97 Å². The van der Waals surface area contributed by atoms with Crippen molar-refractivity contribution >= 4 is 5.97 Å². The average molecular weight is 223 g/mol. The molecule has 0 bridgehead atoms. The smallest absolute Gasteiger partial charge is 0.309 e. The average Bonchev–Trinajstić information content (AvgIpc) is 2.51. The van der Waals surface area contributed by atoms with Gasteiger partial charge in [-0.25, -0.2) is 0 Å². The normalized spacial score (nSPS) is 17.4. The first kappa shape index (κ1) is 11.1. The highest BCUT2D eigenvalue weighted by atomic mass is 16.4. The highest BCUT2D eigenvalue weighted by molar-refractivity contribution is 5.71. The number of likely N-dealkylation sites (tertiary alicyclic amines) is 1. The van der Waals surface area contributed by atoms with Crippen LogP contribution in [-0.4, -0.2) is 38.8 Å². The molecule has 0 unspecified atom stereocenters. The number of carboxylic acid groups (broad SMARTS) is 1. The molecule has 1 aliphatic rings. The number of rotatable bonds is 4. The molecule has 5 nitrogen and oxygen atoms in total. The van der Waals surface area contributed by atoms with Crippen molar-refractivity contribution in [3.05, 3.63) is 17.5 Å². The molecular formula is C11H17N3O2. The molecule has 1 fully saturated rings. The molecule has 1 saturated heterocycles. The summed E-state index contributed by atoms with van der Waals surface area (Å²) in [6, 6.07) is 0. The van der Waals surface area contributed by atoms with Crippen LogP contribution >= 0.6 is 0 Å². The van der Waals surface area contributed by atoms with Crippen LogP contribution in [0.1, 0.15) is 18.2 Å². The van der Waals surface area contributed by atoms with E-state index in [2.05, 4.69) is 16.9 Å². The molecule has 0 aliphatic carbocycles. The number of hydrogen-bond donors (Lipinski definition) is 1. The van der Waals surface area contributed by atoms with E-state index in [0.717, 1.165) is 18.7 Å². The maximum atomic E-state index is 10.7. The second-order valence-corrected chi connectivity index (χ2v) is 4.36. The lowest BCUT2D eigenvalue weighted by Gasteiger charge is -2.36. The summed E-state index contributed by atoms with van der Waals surface area (Å²) < 4.78 is 1.82. The zero-order valence-corrected chi connectivity index (χ0v) is 9.68. The Labute approximate surface area is 94.7 Å². The van der Waals surface area contributed by atoms with Gasteiger partial charge in [-0.05, 0) is 6.42 Å². The molecule has 0 spiro atoms. The molecule has 2 rings (SSSR count). The van der Waals surface area contributed by atoms with Crippen LogP contribution in [0.15, 0.2) is 6.20 Å². The fourth-order valence-corrected chi connectivity index (χ4v) is 2.11. The standard InChI is InChI=1S/C11H17N3O2/c1-3-10-8(4-13(2)12-10)5-14-6-9(7-14)11(15)16/h4,9H,3,5-7H2,1-2H3,(H,15,16). The zero-order chi connectivity index (χ0) is 11.7. The van der Waals surface area contributed by atoms with Gasteiger partial charge in [0.05, 0.1) is 11.6 Å². The van der Waals surface area contributed by atoms with Gasteiger partial charge in [-0.15, -0.1) is 0 Å². The van der Waals surface area contributed by atoms with Crippen LogP contribution in [-0.2, 0) is 24.8 Å². The lowest BCUT2D eigenvalue weighted by Crippen LogP contribution is -2.49. The van der Waals surface area contributed by atoms with E-state index in [1.54, 1.807) is 0 Å². The quantitative estimate of drug-likeness (QED) is 0.807. The molecular weight excluding hydrogens is 206 g/mol. The van der Waals surface area contributed by atoms with E-state index >= 15 is 0 Å². The Morgan fingerprint density at radius 2 is 2.31 bits per heavy atom. The van der Waals surface area contributed by atoms with Crippen LogP contribution in [0.2, 0.25) is 0 Å². The summed E-state index contributed by atoms with van der Waals surface area (Å²) in [5, 5.41) is 13.1. The fourth-order valence-electron chi connectivity index (χ4n) is 2.11. The van der Waals surface area contributed by atoms with Crippen molar-refractivity contribution in [3.63, 3.8) is 0 Å². The van der Waals surface area contributed by atoms with E-state index in [0.29, 0.717) is 13.1 Å². The minimum Gasteiger partial charge on any atom is -0.481 e. The number of aromatic nitrogens is 2. The summed E-state index contributed by atoms with van der Waals surface area (Å²) in [5.41, 5.74) is 2.33. The summed E-state index contributed by atoms with van der Waals surface area (Å²) in [6.07, 6.45) is 2.94. The predicted octanol–water partition coefficient (Wildman–Crippen LogP) is 0.499. The monoisotopic (exact) mass is 223 g/mol. The van der Waals surface area contributed by atoms with Crippen LogP contribution in [0.4, 0.5) is 0 Å². The van der Waals surface area contributed by atoms with Gasteiger partial charge in [0, 0.05) is 38.4 Å². The molecule has 0 amide bonds. The van der Waals surface area contributed by atoms with Gasteiger partial charge in [0.25, 0.3) is 0 Å². The van der Waals surface area contributed by atoms with Gasteiger partial charge in [-0.1, -0.05) is 6.92 Å². The van der Waals surface area contributed by atoms with Crippen LogP contribution in [0, 0.1) is 5.92 Å². The van der Waals surface area contributed by atoms with E-state index < -0.39 is 5.97 Å². The molecule has 1 aromatic rings. The largest absolute Gasteiger partial charge is 0.481 e. The van der Waals surface area contributed by atoms with Crippen molar-refractivity contribution in [1.82, 2.24) is 14.7 Å². The molecule has 16 heavy (non-hydrogen) atoms. The van der Waals surface area contributed by atoms with Crippen molar-refractivity contribution in [2.24, 2.45) is 13.0 Å². The Morgan fingerprint density at radius 3 is 2.88 bits per heavy atom. The minimum atomic E-state index is -0.682. The first-order chi connectivity index (χ1) is 7.60. The third kappa shape index (κ3) is 2.09. The van der Waals surface area contributed by atoms with E-state index in [1.807, 2.05) is 17.9 Å². The molecule has 1 aliphatic heterocycles. The van der Waals surface area contributed by atoms with Gasteiger partial charge in [0.1, 0.15) is 0 Å². The molecule has 0 atom stereocenters. The second-order valence-electron chi connectivity index (χ2n) is 4.36. The van der Waals surface area contributed by atoms with E-state index in [9.17, 15) is 4.79 Å². The van der Waals surface area contributed by atoms with Crippen molar-refractivity contribution < 1.29 is 9.90 Å². The molecule has 0 radical (unpaired) electrons. The van der Waals surface area contributed by atoms with Crippen LogP contribution in [0.25, 0.3) is 0 Å². The molecule has 0 saturated carbocycles. The van der Waals surface area contributed by atoms with Gasteiger partial charge in [-0.2, -0.15) is 5.10 Å². The first-order valence-electron chi connectivity index (χ1n) is 5.56. The highest BCUT2D eigenvalue weighted by Gasteiger charge is 2.32. The van der Waals surface area contributed by atoms with Gasteiger partial charge < -0.3 is 5.11 Å². The lowest BCUT2D eigenvalue weighted by molar-refractivity contribution is -0.147.